The van der Waals surface area contributed by atoms with E-state index in [1.165, 1.54) is 0 Å². The first-order valence-electron chi connectivity index (χ1n) is 2.99. The van der Waals surface area contributed by atoms with Crippen molar-refractivity contribution in [2.24, 2.45) is 11.5 Å². The van der Waals surface area contributed by atoms with Crippen LogP contribution in [0.5, 0.6) is 0 Å². The van der Waals surface area contributed by atoms with Crippen LogP contribution in [0.25, 0.3) is 0 Å². The van der Waals surface area contributed by atoms with Crippen molar-refractivity contribution in [1.29, 1.82) is 0 Å². The molecule has 3 heteroatoms. The Balaban J connectivity index is 2.84. The average molecular weight is 158 g/mol. The van der Waals surface area contributed by atoms with Crippen LogP contribution in [0, 0.1) is 6.92 Å². The maximum atomic E-state index is 5.66. The molecule has 0 aromatic rings. The summed E-state index contributed by atoms with van der Waals surface area (Å²) in [5.41, 5.74) is 10.6. The van der Waals surface area contributed by atoms with Gasteiger partial charge < -0.3 is 11.5 Å². The van der Waals surface area contributed by atoms with E-state index in [0.29, 0.717) is 5.03 Å². The first-order valence-corrected chi connectivity index (χ1v) is 3.36. The van der Waals surface area contributed by atoms with Gasteiger partial charge in [0.2, 0.25) is 0 Å². The van der Waals surface area contributed by atoms with Gasteiger partial charge in [-0.25, -0.2) is 0 Å². The summed E-state index contributed by atoms with van der Waals surface area (Å²) in [6.07, 6.45) is 5.10. The number of hydrogen-bond donors (Lipinski definition) is 2. The molecular weight excluding hydrogens is 148 g/mol. The molecule has 0 aromatic carbocycles. The van der Waals surface area contributed by atoms with Crippen molar-refractivity contribution in [1.82, 2.24) is 0 Å². The van der Waals surface area contributed by atoms with Crippen molar-refractivity contribution in [2.45, 2.75) is 11.6 Å². The Bertz CT molecular complexity index is 194. The Kier molecular flexibility index (Phi) is 1.86. The molecule has 0 fully saturated rings. The van der Waals surface area contributed by atoms with E-state index in [2.05, 4.69) is 6.92 Å². The summed E-state index contributed by atoms with van der Waals surface area (Å²) in [5, 5.41) is 0.622. The van der Waals surface area contributed by atoms with Gasteiger partial charge in [-0.05, 0) is 19.1 Å². The van der Waals surface area contributed by atoms with Crippen LogP contribution in [0.1, 0.15) is 0 Å². The summed E-state index contributed by atoms with van der Waals surface area (Å²) in [7, 11) is 0. The molecule has 0 aromatic heterocycles. The third kappa shape index (κ3) is 1.40. The second kappa shape index (κ2) is 2.38. The molecule has 1 aliphatic carbocycles. The topological polar surface area (TPSA) is 52.0 Å². The molecule has 0 bridgehead atoms. The molecule has 0 aliphatic heterocycles. The average Bonchev–Trinajstić information content (AvgIpc) is 1.81. The fourth-order valence-electron chi connectivity index (χ4n) is 0.728. The third-order valence-corrected chi connectivity index (χ3v) is 1.76. The molecule has 1 rings (SSSR count). The Hall–Kier alpha value is -0.310. The van der Waals surface area contributed by atoms with Gasteiger partial charge in [0.25, 0.3) is 0 Å². The lowest BCUT2D eigenvalue weighted by Gasteiger charge is -2.28. The molecule has 0 spiro atoms. The fraction of sp³-hybridized carbons (Fsp3) is 0.286. The van der Waals surface area contributed by atoms with Gasteiger partial charge in [0, 0.05) is 11.1 Å². The van der Waals surface area contributed by atoms with E-state index in [4.69, 9.17) is 23.1 Å². The van der Waals surface area contributed by atoms with Gasteiger partial charge in [-0.1, -0.05) is 17.7 Å². The van der Waals surface area contributed by atoms with Crippen LogP contribution in [0.2, 0.25) is 0 Å². The Morgan fingerprint density at radius 1 is 1.70 bits per heavy atom. The molecular formula is C7H10ClN2. The molecule has 1 radical (unpaired) electrons. The van der Waals surface area contributed by atoms with Gasteiger partial charge in [0.15, 0.2) is 0 Å². The summed E-state index contributed by atoms with van der Waals surface area (Å²) in [5.74, 6) is 0. The Morgan fingerprint density at radius 2 is 2.30 bits per heavy atom. The molecule has 1 aliphatic rings. The molecule has 0 amide bonds. The monoisotopic (exact) mass is 157 g/mol. The largest absolute Gasteiger partial charge is 0.323 e. The lowest BCUT2D eigenvalue weighted by atomic mass is 9.90. The van der Waals surface area contributed by atoms with Crippen LogP contribution in [-0.2, 0) is 0 Å². The quantitative estimate of drug-likeness (QED) is 0.539. The van der Waals surface area contributed by atoms with Crippen LogP contribution in [0.15, 0.2) is 23.3 Å². The number of allylic oxidation sites excluding steroid dienone is 2. The van der Waals surface area contributed by atoms with Crippen molar-refractivity contribution in [3.63, 3.8) is 0 Å². The van der Waals surface area contributed by atoms with E-state index in [1.54, 1.807) is 18.2 Å². The highest BCUT2D eigenvalue weighted by molar-refractivity contribution is 6.31. The van der Waals surface area contributed by atoms with E-state index in [-0.39, 0.29) is 6.04 Å². The van der Waals surface area contributed by atoms with Crippen molar-refractivity contribution in [3.05, 3.63) is 30.2 Å². The number of halogens is 1. The van der Waals surface area contributed by atoms with Crippen LogP contribution in [0.4, 0.5) is 0 Å². The van der Waals surface area contributed by atoms with E-state index >= 15 is 0 Å². The molecule has 0 heterocycles. The van der Waals surface area contributed by atoms with E-state index < -0.39 is 5.54 Å². The maximum absolute atomic E-state index is 5.66. The molecule has 2 nitrogen and oxygen atoms in total. The van der Waals surface area contributed by atoms with Crippen LogP contribution >= 0.6 is 11.6 Å². The summed E-state index contributed by atoms with van der Waals surface area (Å²) < 4.78 is 0. The molecule has 2 atom stereocenters. The summed E-state index contributed by atoms with van der Waals surface area (Å²) in [6.45, 7) is 3.71. The van der Waals surface area contributed by atoms with Gasteiger partial charge in [0.05, 0.1) is 5.54 Å². The zero-order valence-corrected chi connectivity index (χ0v) is 6.31. The first-order chi connectivity index (χ1) is 4.52. The Labute approximate surface area is 65.5 Å². The second-order valence-electron chi connectivity index (χ2n) is 2.52. The van der Waals surface area contributed by atoms with Crippen molar-refractivity contribution in [2.75, 3.05) is 0 Å². The minimum atomic E-state index is -0.696. The summed E-state index contributed by atoms with van der Waals surface area (Å²) in [4.78, 5) is 0. The van der Waals surface area contributed by atoms with Crippen LogP contribution < -0.4 is 11.5 Å². The molecule has 2 unspecified atom stereocenters. The minimum absolute atomic E-state index is 0.287. The third-order valence-electron chi connectivity index (χ3n) is 1.51. The molecule has 0 saturated carbocycles. The standard InChI is InChI=1S/C7H10ClN2/c1-7(10)3-2-5(8)4-6(7)9/h2-4,6H,1,9-10H2. The zero-order chi connectivity index (χ0) is 7.78. The lowest BCUT2D eigenvalue weighted by Crippen LogP contribution is -2.51. The summed E-state index contributed by atoms with van der Waals surface area (Å²) in [6, 6.07) is -0.287. The summed E-state index contributed by atoms with van der Waals surface area (Å²) >= 11 is 5.65. The Morgan fingerprint density at radius 3 is 2.70 bits per heavy atom. The fourth-order valence-corrected chi connectivity index (χ4v) is 0.927. The van der Waals surface area contributed by atoms with Crippen LogP contribution in [0.3, 0.4) is 0 Å². The first kappa shape index (κ1) is 7.79. The highest BCUT2D eigenvalue weighted by Crippen LogP contribution is 2.18. The van der Waals surface area contributed by atoms with E-state index in [0.717, 1.165) is 0 Å². The van der Waals surface area contributed by atoms with E-state index in [9.17, 15) is 0 Å². The molecule has 55 valence electrons. The van der Waals surface area contributed by atoms with Gasteiger partial charge in [-0.3, -0.25) is 0 Å². The van der Waals surface area contributed by atoms with Crippen molar-refractivity contribution >= 4 is 11.6 Å². The van der Waals surface area contributed by atoms with Crippen molar-refractivity contribution in [3.8, 4) is 0 Å². The highest BCUT2D eigenvalue weighted by Gasteiger charge is 2.24. The predicted octanol–water partition coefficient (Wildman–Crippen LogP) is 0.538. The molecule has 10 heavy (non-hydrogen) atoms. The van der Waals surface area contributed by atoms with Gasteiger partial charge in [-0.2, -0.15) is 0 Å². The highest BCUT2D eigenvalue weighted by atomic mass is 35.5. The number of rotatable bonds is 0. The minimum Gasteiger partial charge on any atom is -0.323 e. The maximum Gasteiger partial charge on any atom is 0.0534 e. The molecule has 4 N–H and O–H groups in total. The van der Waals surface area contributed by atoms with Gasteiger partial charge in [-0.15, -0.1) is 0 Å². The van der Waals surface area contributed by atoms with Crippen LogP contribution in [-0.4, -0.2) is 11.6 Å². The smallest absolute Gasteiger partial charge is 0.0534 e. The van der Waals surface area contributed by atoms with Crippen molar-refractivity contribution < 1.29 is 0 Å². The lowest BCUT2D eigenvalue weighted by molar-refractivity contribution is 0.566. The second-order valence-corrected chi connectivity index (χ2v) is 2.96. The number of nitrogens with two attached hydrogens (primary N) is 2. The number of hydrogen-bond acceptors (Lipinski definition) is 2. The zero-order valence-electron chi connectivity index (χ0n) is 5.55. The molecule has 0 saturated heterocycles. The normalized spacial score (nSPS) is 39.6. The van der Waals surface area contributed by atoms with Gasteiger partial charge >= 0.3 is 0 Å². The SMILES string of the molecule is [CH2]C1(N)C=CC(Cl)=CC1N. The van der Waals surface area contributed by atoms with Gasteiger partial charge in [0.1, 0.15) is 0 Å². The predicted molar refractivity (Wildman–Crippen MR) is 43.3 cm³/mol. The van der Waals surface area contributed by atoms with E-state index in [1.807, 2.05) is 0 Å².